The molecule has 0 saturated carbocycles. The van der Waals surface area contributed by atoms with Gasteiger partial charge in [0, 0.05) is 32.2 Å². The van der Waals surface area contributed by atoms with Crippen LogP contribution in [0.25, 0.3) is 0 Å². The molecule has 0 bridgehead atoms. The molecule has 0 radical (unpaired) electrons. The first-order valence-corrected chi connectivity index (χ1v) is 9.62. The average Bonchev–Trinajstić information content (AvgIpc) is 3.17. The van der Waals surface area contributed by atoms with E-state index in [4.69, 9.17) is 0 Å². The molecule has 2 aliphatic rings. The zero-order valence-corrected chi connectivity index (χ0v) is 14.9. The molecule has 2 aliphatic heterocycles. The van der Waals surface area contributed by atoms with Crippen LogP contribution in [0.5, 0.6) is 0 Å². The van der Waals surface area contributed by atoms with Crippen LogP contribution in [-0.2, 0) is 9.84 Å². The van der Waals surface area contributed by atoms with Crippen molar-refractivity contribution in [1.29, 1.82) is 0 Å². The van der Waals surface area contributed by atoms with E-state index in [-0.39, 0.29) is 5.03 Å². The topological polar surface area (TPSA) is 53.5 Å². The summed E-state index contributed by atoms with van der Waals surface area (Å²) in [5.41, 5.74) is 1.01. The Morgan fingerprint density at radius 3 is 2.43 bits per heavy atom. The van der Waals surface area contributed by atoms with Crippen LogP contribution >= 0.6 is 0 Å². The Bertz CT molecular complexity index is 682. The van der Waals surface area contributed by atoms with Crippen molar-refractivity contribution in [3.63, 3.8) is 0 Å². The van der Waals surface area contributed by atoms with Gasteiger partial charge in [-0.1, -0.05) is 12.2 Å². The van der Waals surface area contributed by atoms with Gasteiger partial charge in [-0.3, -0.25) is 4.90 Å². The Morgan fingerprint density at radius 1 is 1.17 bits per heavy atom. The lowest BCUT2D eigenvalue weighted by Crippen LogP contribution is -2.35. The van der Waals surface area contributed by atoms with E-state index in [2.05, 4.69) is 26.9 Å². The third kappa shape index (κ3) is 3.15. The van der Waals surface area contributed by atoms with Crippen LogP contribution in [0.4, 0.5) is 5.69 Å². The number of aromatic nitrogens is 1. The summed E-state index contributed by atoms with van der Waals surface area (Å²) in [7, 11) is -3.39. The first-order valence-electron chi connectivity index (χ1n) is 8.14. The number of rotatable bonds is 3. The van der Waals surface area contributed by atoms with Gasteiger partial charge < -0.3 is 4.90 Å². The summed E-state index contributed by atoms with van der Waals surface area (Å²) in [4.78, 5) is 9.00. The van der Waals surface area contributed by atoms with Gasteiger partial charge >= 0.3 is 0 Å². The van der Waals surface area contributed by atoms with Crippen molar-refractivity contribution in [2.75, 3.05) is 31.1 Å². The summed E-state index contributed by atoms with van der Waals surface area (Å²) in [5.74, 6) is 0. The smallest absolute Gasteiger partial charge is 0.200 e. The van der Waals surface area contributed by atoms with Gasteiger partial charge in [0.2, 0.25) is 0 Å². The molecule has 1 aromatic rings. The van der Waals surface area contributed by atoms with Gasteiger partial charge in [0.1, 0.15) is 0 Å². The predicted octanol–water partition coefficient (Wildman–Crippen LogP) is 2.10. The van der Waals surface area contributed by atoms with E-state index in [9.17, 15) is 8.42 Å². The van der Waals surface area contributed by atoms with Crippen molar-refractivity contribution in [3.05, 3.63) is 30.5 Å². The van der Waals surface area contributed by atoms with E-state index in [1.165, 1.54) is 0 Å². The third-order valence-electron chi connectivity index (χ3n) is 4.69. The number of anilines is 1. The van der Waals surface area contributed by atoms with Gasteiger partial charge in [-0.15, -0.1) is 0 Å². The maximum absolute atomic E-state index is 12.4. The zero-order chi connectivity index (χ0) is 16.7. The molecular weight excluding hydrogens is 310 g/mol. The SMILES string of the molecule is CC(C)(C)S(=O)(=O)c1ccc(N2CCC(N3CC=CC3)C2)cn1. The van der Waals surface area contributed by atoms with Gasteiger partial charge in [0.25, 0.3) is 0 Å². The molecule has 3 heterocycles. The second kappa shape index (κ2) is 5.91. The number of hydrogen-bond donors (Lipinski definition) is 0. The Labute approximate surface area is 138 Å². The summed E-state index contributed by atoms with van der Waals surface area (Å²) in [6.07, 6.45) is 7.28. The molecule has 0 spiro atoms. The van der Waals surface area contributed by atoms with Gasteiger partial charge in [-0.05, 0) is 39.3 Å². The Hall–Kier alpha value is -1.40. The van der Waals surface area contributed by atoms with Crippen LogP contribution in [0.2, 0.25) is 0 Å². The second-order valence-electron chi connectivity index (χ2n) is 7.28. The van der Waals surface area contributed by atoms with Crippen molar-refractivity contribution < 1.29 is 8.42 Å². The molecule has 1 unspecified atom stereocenters. The Balaban J connectivity index is 1.71. The van der Waals surface area contributed by atoms with Crippen molar-refractivity contribution in [3.8, 4) is 0 Å². The first-order chi connectivity index (χ1) is 10.8. The van der Waals surface area contributed by atoms with Crippen molar-refractivity contribution >= 4 is 15.5 Å². The Morgan fingerprint density at radius 2 is 1.87 bits per heavy atom. The predicted molar refractivity (Wildman–Crippen MR) is 92.5 cm³/mol. The van der Waals surface area contributed by atoms with Gasteiger partial charge in [0.05, 0.1) is 16.6 Å². The van der Waals surface area contributed by atoms with Crippen molar-refractivity contribution in [2.45, 2.75) is 43.0 Å². The maximum atomic E-state index is 12.4. The first kappa shape index (κ1) is 16.5. The summed E-state index contributed by atoms with van der Waals surface area (Å²) >= 11 is 0. The maximum Gasteiger partial charge on any atom is 0.200 e. The van der Waals surface area contributed by atoms with Crippen LogP contribution in [0.1, 0.15) is 27.2 Å². The standard InChI is InChI=1S/C17H25N3O2S/c1-17(2,3)23(21,22)16-7-6-14(12-18-16)20-11-8-15(13-20)19-9-4-5-10-19/h4-7,12,15H,8-11,13H2,1-3H3. The fourth-order valence-corrected chi connectivity index (χ4v) is 4.17. The minimum Gasteiger partial charge on any atom is -0.369 e. The molecule has 23 heavy (non-hydrogen) atoms. The lowest BCUT2D eigenvalue weighted by molar-refractivity contribution is 0.271. The molecule has 0 N–H and O–H groups in total. The molecule has 3 rings (SSSR count). The summed E-state index contributed by atoms with van der Waals surface area (Å²) in [5, 5.41) is 0.160. The molecule has 1 atom stereocenters. The number of nitrogens with zero attached hydrogens (tertiary/aromatic N) is 3. The monoisotopic (exact) mass is 335 g/mol. The van der Waals surface area contributed by atoms with Crippen molar-refractivity contribution in [1.82, 2.24) is 9.88 Å². The second-order valence-corrected chi connectivity index (χ2v) is 9.93. The molecule has 0 amide bonds. The van der Waals surface area contributed by atoms with Crippen LogP contribution < -0.4 is 4.90 Å². The number of hydrogen-bond acceptors (Lipinski definition) is 5. The van der Waals surface area contributed by atoms with Crippen LogP contribution in [0, 0.1) is 0 Å². The summed E-state index contributed by atoms with van der Waals surface area (Å²) in [6, 6.07) is 4.10. The molecule has 0 aliphatic carbocycles. The van der Waals surface area contributed by atoms with E-state index in [1.807, 2.05) is 6.07 Å². The molecule has 1 saturated heterocycles. The van der Waals surface area contributed by atoms with Gasteiger partial charge in [0.15, 0.2) is 14.9 Å². The summed E-state index contributed by atoms with van der Waals surface area (Å²) < 4.78 is 24.0. The summed E-state index contributed by atoms with van der Waals surface area (Å²) in [6.45, 7) is 9.16. The van der Waals surface area contributed by atoms with Gasteiger partial charge in [-0.25, -0.2) is 13.4 Å². The quantitative estimate of drug-likeness (QED) is 0.792. The normalized spacial score (nSPS) is 22.9. The number of pyridine rings is 1. The van der Waals surface area contributed by atoms with E-state index >= 15 is 0 Å². The number of sulfone groups is 1. The third-order valence-corrected chi connectivity index (χ3v) is 7.10. The largest absolute Gasteiger partial charge is 0.369 e. The zero-order valence-electron chi connectivity index (χ0n) is 14.1. The average molecular weight is 335 g/mol. The van der Waals surface area contributed by atoms with E-state index in [1.54, 1.807) is 33.0 Å². The molecule has 0 aromatic carbocycles. The minimum atomic E-state index is -3.39. The van der Waals surface area contributed by atoms with Gasteiger partial charge in [-0.2, -0.15) is 0 Å². The molecular formula is C17H25N3O2S. The minimum absolute atomic E-state index is 0.160. The van der Waals surface area contributed by atoms with Crippen LogP contribution in [-0.4, -0.2) is 55.3 Å². The molecule has 5 nitrogen and oxygen atoms in total. The van der Waals surface area contributed by atoms with E-state index in [0.29, 0.717) is 6.04 Å². The highest BCUT2D eigenvalue weighted by molar-refractivity contribution is 7.92. The molecule has 1 fully saturated rings. The lowest BCUT2D eigenvalue weighted by atomic mass is 10.2. The Kier molecular flexibility index (Phi) is 4.23. The fourth-order valence-electron chi connectivity index (χ4n) is 3.10. The highest BCUT2D eigenvalue weighted by atomic mass is 32.2. The molecule has 1 aromatic heterocycles. The molecule has 126 valence electrons. The van der Waals surface area contributed by atoms with Crippen molar-refractivity contribution in [2.24, 2.45) is 0 Å². The highest BCUT2D eigenvalue weighted by Gasteiger charge is 2.33. The van der Waals surface area contributed by atoms with E-state index in [0.717, 1.165) is 38.3 Å². The fraction of sp³-hybridized carbons (Fsp3) is 0.588. The van der Waals surface area contributed by atoms with E-state index < -0.39 is 14.6 Å². The lowest BCUT2D eigenvalue weighted by Gasteiger charge is -2.24. The highest BCUT2D eigenvalue weighted by Crippen LogP contribution is 2.27. The van der Waals surface area contributed by atoms with Crippen LogP contribution in [0.3, 0.4) is 0 Å². The van der Waals surface area contributed by atoms with Crippen LogP contribution in [0.15, 0.2) is 35.5 Å². The molecule has 6 heteroatoms.